The quantitative estimate of drug-likeness (QED) is 0.936. The highest BCUT2D eigenvalue weighted by Gasteiger charge is 2.35. The summed E-state index contributed by atoms with van der Waals surface area (Å²) in [6.45, 7) is 2.25. The van der Waals surface area contributed by atoms with Gasteiger partial charge in [0.05, 0.1) is 12.8 Å². The van der Waals surface area contributed by atoms with Crippen molar-refractivity contribution in [1.29, 1.82) is 0 Å². The highest BCUT2D eigenvalue weighted by molar-refractivity contribution is 5.63. The standard InChI is InChI=1S/C14H14F3N3O/c1-3-18-12-8-11(19-13(20-12)14(15,16)17)9-4-6-10(21-2)7-5-9/h4-8H,3H2,1-2H3,(H,18,19,20). The first-order valence-electron chi connectivity index (χ1n) is 6.28. The van der Waals surface area contributed by atoms with Crippen LogP contribution in [0.2, 0.25) is 0 Å². The van der Waals surface area contributed by atoms with Crippen molar-refractivity contribution in [2.45, 2.75) is 13.1 Å². The molecule has 0 radical (unpaired) electrons. The fourth-order valence-electron chi connectivity index (χ4n) is 1.76. The van der Waals surface area contributed by atoms with Crippen molar-refractivity contribution in [3.8, 4) is 17.0 Å². The molecule has 0 aliphatic carbocycles. The summed E-state index contributed by atoms with van der Waals surface area (Å²) in [5.41, 5.74) is 0.763. The van der Waals surface area contributed by atoms with E-state index in [0.717, 1.165) is 0 Å². The molecule has 0 amide bonds. The molecule has 0 aliphatic rings. The molecule has 0 fully saturated rings. The third-order valence-electron chi connectivity index (χ3n) is 2.72. The number of hydrogen-bond donors (Lipinski definition) is 1. The lowest BCUT2D eigenvalue weighted by Crippen LogP contribution is -2.13. The number of methoxy groups -OCH3 is 1. The zero-order chi connectivity index (χ0) is 15.5. The summed E-state index contributed by atoms with van der Waals surface area (Å²) in [6.07, 6.45) is -4.59. The maximum Gasteiger partial charge on any atom is 0.451 e. The lowest BCUT2D eigenvalue weighted by molar-refractivity contribution is -0.144. The van der Waals surface area contributed by atoms with Gasteiger partial charge in [-0.25, -0.2) is 9.97 Å². The normalized spacial score (nSPS) is 11.3. The predicted octanol–water partition coefficient (Wildman–Crippen LogP) is 3.60. The van der Waals surface area contributed by atoms with Crippen LogP contribution in [-0.2, 0) is 6.18 Å². The van der Waals surface area contributed by atoms with Crippen LogP contribution in [0.15, 0.2) is 30.3 Å². The first-order chi connectivity index (χ1) is 9.94. The van der Waals surface area contributed by atoms with E-state index >= 15 is 0 Å². The molecule has 4 nitrogen and oxygen atoms in total. The van der Waals surface area contributed by atoms with Gasteiger partial charge in [-0.3, -0.25) is 0 Å². The van der Waals surface area contributed by atoms with Crippen molar-refractivity contribution in [3.05, 3.63) is 36.2 Å². The number of rotatable bonds is 4. The van der Waals surface area contributed by atoms with Gasteiger partial charge in [0.25, 0.3) is 0 Å². The molecular formula is C14H14F3N3O. The second-order valence-corrected chi connectivity index (χ2v) is 4.22. The van der Waals surface area contributed by atoms with E-state index in [1.54, 1.807) is 31.2 Å². The Morgan fingerprint density at radius 2 is 1.81 bits per heavy atom. The molecule has 0 aliphatic heterocycles. The van der Waals surface area contributed by atoms with Crippen LogP contribution >= 0.6 is 0 Å². The average Bonchev–Trinajstić information content (AvgIpc) is 2.46. The van der Waals surface area contributed by atoms with Crippen molar-refractivity contribution in [1.82, 2.24) is 9.97 Å². The van der Waals surface area contributed by atoms with Crippen LogP contribution in [0.4, 0.5) is 19.0 Å². The minimum absolute atomic E-state index is 0.144. The Morgan fingerprint density at radius 1 is 1.14 bits per heavy atom. The maximum atomic E-state index is 12.8. The second-order valence-electron chi connectivity index (χ2n) is 4.22. The number of anilines is 1. The van der Waals surface area contributed by atoms with Crippen LogP contribution in [0.5, 0.6) is 5.75 Å². The smallest absolute Gasteiger partial charge is 0.451 e. The Kier molecular flexibility index (Phi) is 4.30. The lowest BCUT2D eigenvalue weighted by atomic mass is 10.1. The van der Waals surface area contributed by atoms with Crippen molar-refractivity contribution in [2.24, 2.45) is 0 Å². The van der Waals surface area contributed by atoms with Gasteiger partial charge in [-0.2, -0.15) is 13.2 Å². The molecule has 2 rings (SSSR count). The predicted molar refractivity (Wildman–Crippen MR) is 73.2 cm³/mol. The fraction of sp³-hybridized carbons (Fsp3) is 0.286. The molecular weight excluding hydrogens is 283 g/mol. The summed E-state index contributed by atoms with van der Waals surface area (Å²) in [6, 6.07) is 8.11. The van der Waals surface area contributed by atoms with Gasteiger partial charge in [0, 0.05) is 18.2 Å². The summed E-state index contributed by atoms with van der Waals surface area (Å²) in [5, 5.41) is 2.78. The number of alkyl halides is 3. The molecule has 0 saturated heterocycles. The maximum absolute atomic E-state index is 12.8. The first-order valence-corrected chi connectivity index (χ1v) is 6.28. The third kappa shape index (κ3) is 3.62. The molecule has 21 heavy (non-hydrogen) atoms. The van der Waals surface area contributed by atoms with Crippen LogP contribution < -0.4 is 10.1 Å². The van der Waals surface area contributed by atoms with Gasteiger partial charge < -0.3 is 10.1 Å². The Bertz CT molecular complexity index is 612. The number of nitrogens with zero attached hydrogens (tertiary/aromatic N) is 2. The summed E-state index contributed by atoms with van der Waals surface area (Å²) < 4.78 is 43.6. The zero-order valence-electron chi connectivity index (χ0n) is 11.5. The summed E-state index contributed by atoms with van der Waals surface area (Å²) in [4.78, 5) is 7.08. The summed E-state index contributed by atoms with van der Waals surface area (Å²) in [7, 11) is 1.52. The fourth-order valence-corrected chi connectivity index (χ4v) is 1.76. The summed E-state index contributed by atoms with van der Waals surface area (Å²) >= 11 is 0. The minimum Gasteiger partial charge on any atom is -0.497 e. The van der Waals surface area contributed by atoms with Crippen molar-refractivity contribution < 1.29 is 17.9 Å². The van der Waals surface area contributed by atoms with E-state index in [-0.39, 0.29) is 11.5 Å². The number of ether oxygens (including phenoxy) is 1. The van der Waals surface area contributed by atoms with E-state index in [1.165, 1.54) is 13.2 Å². The van der Waals surface area contributed by atoms with E-state index in [0.29, 0.717) is 17.9 Å². The zero-order valence-corrected chi connectivity index (χ0v) is 11.5. The van der Waals surface area contributed by atoms with Gasteiger partial charge >= 0.3 is 6.18 Å². The van der Waals surface area contributed by atoms with Crippen molar-refractivity contribution >= 4 is 5.82 Å². The molecule has 0 spiro atoms. The number of halogens is 3. The average molecular weight is 297 g/mol. The van der Waals surface area contributed by atoms with Gasteiger partial charge in [-0.15, -0.1) is 0 Å². The Hall–Kier alpha value is -2.31. The largest absolute Gasteiger partial charge is 0.497 e. The molecule has 1 heterocycles. The molecule has 0 saturated carbocycles. The van der Waals surface area contributed by atoms with E-state index < -0.39 is 12.0 Å². The monoisotopic (exact) mass is 297 g/mol. The van der Waals surface area contributed by atoms with Crippen LogP contribution in [0.3, 0.4) is 0 Å². The van der Waals surface area contributed by atoms with Crippen LogP contribution in [-0.4, -0.2) is 23.6 Å². The van der Waals surface area contributed by atoms with Gasteiger partial charge in [-0.05, 0) is 31.2 Å². The Morgan fingerprint density at radius 3 is 2.33 bits per heavy atom. The number of benzene rings is 1. The first kappa shape index (κ1) is 15.1. The number of nitrogens with one attached hydrogen (secondary N) is 1. The topological polar surface area (TPSA) is 47.0 Å². The lowest BCUT2D eigenvalue weighted by Gasteiger charge is -2.11. The third-order valence-corrected chi connectivity index (χ3v) is 2.72. The molecule has 0 bridgehead atoms. The van der Waals surface area contributed by atoms with E-state index in [1.807, 2.05) is 0 Å². The van der Waals surface area contributed by atoms with Crippen molar-refractivity contribution in [2.75, 3.05) is 19.0 Å². The molecule has 1 aromatic carbocycles. The molecule has 1 N–H and O–H groups in total. The SMILES string of the molecule is CCNc1cc(-c2ccc(OC)cc2)nc(C(F)(F)F)n1. The molecule has 0 atom stereocenters. The van der Waals surface area contributed by atoms with Crippen LogP contribution in [0.1, 0.15) is 12.7 Å². The van der Waals surface area contributed by atoms with Gasteiger partial charge in [0.15, 0.2) is 0 Å². The molecule has 0 unspecified atom stereocenters. The minimum atomic E-state index is -4.59. The van der Waals surface area contributed by atoms with Crippen molar-refractivity contribution in [3.63, 3.8) is 0 Å². The summed E-state index contributed by atoms with van der Waals surface area (Å²) in [5.74, 6) is -0.395. The van der Waals surface area contributed by atoms with Gasteiger partial charge in [-0.1, -0.05) is 0 Å². The number of aromatic nitrogens is 2. The Labute approximate surface area is 120 Å². The van der Waals surface area contributed by atoms with E-state index in [2.05, 4.69) is 15.3 Å². The molecule has 7 heteroatoms. The molecule has 1 aromatic heterocycles. The van der Waals surface area contributed by atoms with E-state index in [9.17, 15) is 13.2 Å². The van der Waals surface area contributed by atoms with Crippen LogP contribution in [0.25, 0.3) is 11.3 Å². The van der Waals surface area contributed by atoms with Gasteiger partial charge in [0.1, 0.15) is 11.6 Å². The van der Waals surface area contributed by atoms with Gasteiger partial charge in [0.2, 0.25) is 5.82 Å². The highest BCUT2D eigenvalue weighted by Crippen LogP contribution is 2.30. The highest BCUT2D eigenvalue weighted by atomic mass is 19.4. The number of hydrogen-bond acceptors (Lipinski definition) is 4. The molecule has 2 aromatic rings. The second kappa shape index (κ2) is 5.99. The molecule has 112 valence electrons. The van der Waals surface area contributed by atoms with E-state index in [4.69, 9.17) is 4.74 Å². The van der Waals surface area contributed by atoms with Crippen LogP contribution in [0, 0.1) is 0 Å². The Balaban J connectivity index is 2.48.